The van der Waals surface area contributed by atoms with E-state index in [-0.39, 0.29) is 0 Å². The summed E-state index contributed by atoms with van der Waals surface area (Å²) in [7, 11) is 3.59. The van der Waals surface area contributed by atoms with E-state index in [9.17, 15) is 0 Å². The van der Waals surface area contributed by atoms with Crippen LogP contribution in [0, 0.1) is 0 Å². The Morgan fingerprint density at radius 2 is 2.35 bits per heavy atom. The Balaban J connectivity index is 2.31. The van der Waals surface area contributed by atoms with E-state index in [4.69, 9.17) is 16.3 Å². The molecule has 0 saturated heterocycles. The van der Waals surface area contributed by atoms with Crippen molar-refractivity contribution in [1.29, 1.82) is 0 Å². The lowest BCUT2D eigenvalue weighted by Gasteiger charge is -2.03. The molecule has 5 heteroatoms. The molecule has 92 valence electrons. The zero-order valence-electron chi connectivity index (χ0n) is 10.0. The van der Waals surface area contributed by atoms with Crippen LogP contribution in [0.2, 0.25) is 5.15 Å². The Hall–Kier alpha value is -1.26. The third kappa shape index (κ3) is 2.53. The number of hydrogen-bond acceptors (Lipinski definition) is 3. The fourth-order valence-corrected chi connectivity index (χ4v) is 2.06. The van der Waals surface area contributed by atoms with Gasteiger partial charge in [0.05, 0.1) is 12.6 Å². The van der Waals surface area contributed by atoms with Crippen LogP contribution in [0.3, 0.4) is 0 Å². The number of methoxy groups -OCH3 is 1. The number of imidazole rings is 1. The maximum atomic E-state index is 6.12. The zero-order valence-corrected chi connectivity index (χ0v) is 10.8. The fraction of sp³-hybridized carbons (Fsp3) is 0.417. The molecule has 0 aromatic carbocycles. The van der Waals surface area contributed by atoms with E-state index < -0.39 is 0 Å². The van der Waals surface area contributed by atoms with Gasteiger partial charge in [0.15, 0.2) is 5.15 Å². The van der Waals surface area contributed by atoms with Gasteiger partial charge in [-0.25, -0.2) is 4.98 Å². The van der Waals surface area contributed by atoms with Gasteiger partial charge in [0.25, 0.3) is 0 Å². The van der Waals surface area contributed by atoms with Crippen LogP contribution in [0.25, 0.3) is 5.52 Å². The normalized spacial score (nSPS) is 11.0. The van der Waals surface area contributed by atoms with Crippen LogP contribution in [-0.4, -0.2) is 30.1 Å². The molecule has 0 bridgehead atoms. The molecule has 17 heavy (non-hydrogen) atoms. The molecule has 4 nitrogen and oxygen atoms in total. The third-order valence-electron chi connectivity index (χ3n) is 2.71. The van der Waals surface area contributed by atoms with Gasteiger partial charge in [-0.05, 0) is 26.1 Å². The molecule has 0 spiro atoms. The summed E-state index contributed by atoms with van der Waals surface area (Å²) in [5, 5.41) is 3.65. The highest BCUT2D eigenvalue weighted by molar-refractivity contribution is 6.32. The van der Waals surface area contributed by atoms with Crippen molar-refractivity contribution in [3.8, 4) is 5.75 Å². The summed E-state index contributed by atoms with van der Waals surface area (Å²) in [5.41, 5.74) is 0.894. The quantitative estimate of drug-likeness (QED) is 0.830. The summed E-state index contributed by atoms with van der Waals surface area (Å²) < 4.78 is 7.19. The van der Waals surface area contributed by atoms with Crippen LogP contribution in [0.1, 0.15) is 12.2 Å². The second kappa shape index (κ2) is 5.38. The lowest BCUT2D eigenvalue weighted by molar-refractivity contribution is 0.414. The van der Waals surface area contributed by atoms with Crippen LogP contribution in [0.15, 0.2) is 18.3 Å². The van der Waals surface area contributed by atoms with Crippen molar-refractivity contribution >= 4 is 17.1 Å². The van der Waals surface area contributed by atoms with Gasteiger partial charge in [0.1, 0.15) is 11.6 Å². The predicted molar refractivity (Wildman–Crippen MR) is 69.0 cm³/mol. The van der Waals surface area contributed by atoms with Gasteiger partial charge in [0.2, 0.25) is 0 Å². The molecule has 2 heterocycles. The molecule has 0 atom stereocenters. The van der Waals surface area contributed by atoms with Crippen LogP contribution in [0.4, 0.5) is 0 Å². The summed E-state index contributed by atoms with van der Waals surface area (Å²) >= 11 is 6.12. The smallest absolute Gasteiger partial charge is 0.155 e. The Labute approximate surface area is 106 Å². The van der Waals surface area contributed by atoms with E-state index >= 15 is 0 Å². The van der Waals surface area contributed by atoms with E-state index in [0.29, 0.717) is 5.15 Å². The van der Waals surface area contributed by atoms with E-state index in [0.717, 1.165) is 36.5 Å². The summed E-state index contributed by atoms with van der Waals surface area (Å²) in [4.78, 5) is 4.38. The highest BCUT2D eigenvalue weighted by Crippen LogP contribution is 2.23. The molecule has 0 saturated carbocycles. The molecule has 0 fully saturated rings. The van der Waals surface area contributed by atoms with Gasteiger partial charge >= 0.3 is 0 Å². The van der Waals surface area contributed by atoms with Gasteiger partial charge in [0, 0.05) is 18.7 Å². The minimum Gasteiger partial charge on any atom is -0.497 e. The van der Waals surface area contributed by atoms with Crippen molar-refractivity contribution in [2.24, 2.45) is 0 Å². The lowest BCUT2D eigenvalue weighted by Crippen LogP contribution is -2.09. The molecule has 0 radical (unpaired) electrons. The van der Waals surface area contributed by atoms with Gasteiger partial charge < -0.3 is 14.5 Å². The molecule has 2 rings (SSSR count). The van der Waals surface area contributed by atoms with Crippen LogP contribution in [-0.2, 0) is 6.42 Å². The molecule has 2 aromatic heterocycles. The van der Waals surface area contributed by atoms with Crippen molar-refractivity contribution in [2.75, 3.05) is 20.7 Å². The first-order valence-electron chi connectivity index (χ1n) is 5.61. The SMILES string of the molecule is CNCCCc1nc(Cl)c2cc(OC)ccn12. The number of nitrogens with one attached hydrogen (secondary N) is 1. The van der Waals surface area contributed by atoms with Gasteiger partial charge in [-0.3, -0.25) is 0 Å². The van der Waals surface area contributed by atoms with Gasteiger partial charge in [-0.1, -0.05) is 11.6 Å². The maximum absolute atomic E-state index is 6.12. The fourth-order valence-electron chi connectivity index (χ4n) is 1.82. The molecule has 0 aliphatic rings. The van der Waals surface area contributed by atoms with E-state index in [1.54, 1.807) is 7.11 Å². The molecule has 0 aliphatic heterocycles. The number of halogens is 1. The van der Waals surface area contributed by atoms with Crippen LogP contribution < -0.4 is 10.1 Å². The first kappa shape index (κ1) is 12.2. The summed E-state index contributed by atoms with van der Waals surface area (Å²) in [6.07, 6.45) is 3.89. The number of pyridine rings is 1. The first-order valence-corrected chi connectivity index (χ1v) is 5.99. The first-order chi connectivity index (χ1) is 8.26. The van der Waals surface area contributed by atoms with Gasteiger partial charge in [-0.2, -0.15) is 0 Å². The molecule has 2 aromatic rings. The Morgan fingerprint density at radius 3 is 3.06 bits per heavy atom. The highest BCUT2D eigenvalue weighted by Gasteiger charge is 2.09. The van der Waals surface area contributed by atoms with Crippen molar-refractivity contribution in [3.63, 3.8) is 0 Å². The van der Waals surface area contributed by atoms with E-state index in [1.165, 1.54) is 0 Å². The number of aromatic nitrogens is 2. The molecular formula is C12H16ClN3O. The van der Waals surface area contributed by atoms with E-state index in [1.807, 2.05) is 29.8 Å². The van der Waals surface area contributed by atoms with Crippen molar-refractivity contribution in [3.05, 3.63) is 29.3 Å². The highest BCUT2D eigenvalue weighted by atomic mass is 35.5. The van der Waals surface area contributed by atoms with Crippen molar-refractivity contribution in [2.45, 2.75) is 12.8 Å². The van der Waals surface area contributed by atoms with Crippen molar-refractivity contribution < 1.29 is 4.74 Å². The van der Waals surface area contributed by atoms with Gasteiger partial charge in [-0.15, -0.1) is 0 Å². The van der Waals surface area contributed by atoms with Crippen LogP contribution >= 0.6 is 11.6 Å². The van der Waals surface area contributed by atoms with Crippen LogP contribution in [0.5, 0.6) is 5.75 Å². The number of ether oxygens (including phenoxy) is 1. The molecular weight excluding hydrogens is 238 g/mol. The Bertz CT molecular complexity index is 510. The standard InChI is InChI=1S/C12H16ClN3O/c1-14-6-3-4-11-15-12(13)10-8-9(17-2)5-7-16(10)11/h5,7-8,14H,3-4,6H2,1-2H3. The number of aryl methyl sites for hydroxylation is 1. The Kier molecular flexibility index (Phi) is 3.86. The average Bonchev–Trinajstić information content (AvgIpc) is 2.66. The third-order valence-corrected chi connectivity index (χ3v) is 2.98. The molecule has 1 N–H and O–H groups in total. The second-order valence-electron chi connectivity index (χ2n) is 3.85. The summed E-state index contributed by atoms with van der Waals surface area (Å²) in [6, 6.07) is 3.81. The average molecular weight is 254 g/mol. The predicted octanol–water partition coefficient (Wildman–Crippen LogP) is 2.15. The zero-order chi connectivity index (χ0) is 12.3. The van der Waals surface area contributed by atoms with Crippen molar-refractivity contribution in [1.82, 2.24) is 14.7 Å². The second-order valence-corrected chi connectivity index (χ2v) is 4.21. The summed E-state index contributed by atoms with van der Waals surface area (Å²) in [6.45, 7) is 0.975. The minimum absolute atomic E-state index is 0.531. The molecule has 0 unspecified atom stereocenters. The number of hydrogen-bond donors (Lipinski definition) is 1. The monoisotopic (exact) mass is 253 g/mol. The largest absolute Gasteiger partial charge is 0.497 e. The lowest BCUT2D eigenvalue weighted by atomic mass is 10.3. The maximum Gasteiger partial charge on any atom is 0.155 e. The Morgan fingerprint density at radius 1 is 1.53 bits per heavy atom. The summed E-state index contributed by atoms with van der Waals surface area (Å²) in [5.74, 6) is 1.78. The molecule has 0 aliphatic carbocycles. The number of rotatable bonds is 5. The number of nitrogens with zero attached hydrogens (tertiary/aromatic N) is 2. The van der Waals surface area contributed by atoms with E-state index in [2.05, 4.69) is 10.3 Å². The minimum atomic E-state index is 0.531. The number of fused-ring (bicyclic) bond motifs is 1. The topological polar surface area (TPSA) is 38.6 Å². The molecule has 0 amide bonds.